The van der Waals surface area contributed by atoms with E-state index in [1.807, 2.05) is 0 Å². The van der Waals surface area contributed by atoms with Gasteiger partial charge in [-0.15, -0.1) is 12.4 Å². The van der Waals surface area contributed by atoms with Crippen LogP contribution in [0.4, 0.5) is 0 Å². The Labute approximate surface area is 163 Å². The third-order valence-electron chi connectivity index (χ3n) is 7.96. The molecule has 4 aliphatic rings. The standard InChI is InChI=1S/C22H30N2O.ClH/c23-20-9-7-17-13-24(14-19(17)20)21(25)22(11-15-4-2-1-3-5-15)12-16-6-8-18(22)10-16;/h1-5,16-20H,6-14,23H2;1H. The van der Waals surface area contributed by atoms with Crippen LogP contribution in [0, 0.1) is 29.1 Å². The molecular weight excluding hydrogens is 344 g/mol. The number of hydrogen-bond acceptors (Lipinski definition) is 2. The number of nitrogens with two attached hydrogens (primary N) is 1. The number of carbonyl (C=O) groups excluding carboxylic acids is 1. The van der Waals surface area contributed by atoms with Gasteiger partial charge in [-0.2, -0.15) is 0 Å². The highest BCUT2D eigenvalue weighted by molar-refractivity contribution is 5.85. The number of hydrogen-bond donors (Lipinski definition) is 1. The van der Waals surface area contributed by atoms with E-state index in [1.54, 1.807) is 0 Å². The lowest BCUT2D eigenvalue weighted by molar-refractivity contribution is -0.144. The van der Waals surface area contributed by atoms with Crippen molar-refractivity contribution >= 4 is 18.3 Å². The van der Waals surface area contributed by atoms with Crippen molar-refractivity contribution < 1.29 is 4.79 Å². The Morgan fingerprint density at radius 3 is 2.58 bits per heavy atom. The second-order valence-corrected chi connectivity index (χ2v) is 9.27. The summed E-state index contributed by atoms with van der Waals surface area (Å²) in [6.07, 6.45) is 8.28. The van der Waals surface area contributed by atoms with E-state index in [-0.39, 0.29) is 17.8 Å². The van der Waals surface area contributed by atoms with Gasteiger partial charge in [0.25, 0.3) is 0 Å². The van der Waals surface area contributed by atoms with Crippen molar-refractivity contribution in [3.8, 4) is 0 Å². The molecule has 0 radical (unpaired) electrons. The van der Waals surface area contributed by atoms with Gasteiger partial charge in [-0.1, -0.05) is 36.8 Å². The number of amides is 1. The predicted octanol–water partition coefficient (Wildman–Crippen LogP) is 3.65. The van der Waals surface area contributed by atoms with Crippen LogP contribution in [0.25, 0.3) is 0 Å². The lowest BCUT2D eigenvalue weighted by atomic mass is 9.68. The average Bonchev–Trinajstić information content (AvgIpc) is 3.38. The highest BCUT2D eigenvalue weighted by atomic mass is 35.5. The van der Waals surface area contributed by atoms with Gasteiger partial charge in [0.1, 0.15) is 0 Å². The SMILES string of the molecule is Cl.NC1CCC2CN(C(=O)C3(Cc4ccccc4)CC4CCC3C4)CC12. The van der Waals surface area contributed by atoms with Gasteiger partial charge in [-0.25, -0.2) is 0 Å². The van der Waals surface area contributed by atoms with Crippen LogP contribution < -0.4 is 5.73 Å². The van der Waals surface area contributed by atoms with Crippen molar-refractivity contribution in [3.05, 3.63) is 35.9 Å². The van der Waals surface area contributed by atoms with E-state index in [1.165, 1.54) is 31.2 Å². The largest absolute Gasteiger partial charge is 0.342 e. The van der Waals surface area contributed by atoms with Gasteiger partial charge in [0.05, 0.1) is 5.41 Å². The first-order valence-electron chi connectivity index (χ1n) is 10.2. The normalized spacial score (nSPS) is 40.5. The van der Waals surface area contributed by atoms with Crippen molar-refractivity contribution in [1.29, 1.82) is 0 Å². The number of halogens is 1. The van der Waals surface area contributed by atoms with Crippen LogP contribution >= 0.6 is 12.4 Å². The van der Waals surface area contributed by atoms with E-state index in [9.17, 15) is 4.79 Å². The summed E-state index contributed by atoms with van der Waals surface area (Å²) in [5.74, 6) is 3.05. The lowest BCUT2D eigenvalue weighted by Gasteiger charge is -2.40. The van der Waals surface area contributed by atoms with E-state index in [2.05, 4.69) is 35.2 Å². The molecule has 1 aromatic rings. The molecule has 26 heavy (non-hydrogen) atoms. The first-order valence-corrected chi connectivity index (χ1v) is 10.2. The summed E-state index contributed by atoms with van der Waals surface area (Å²) in [6.45, 7) is 1.88. The molecule has 4 fully saturated rings. The summed E-state index contributed by atoms with van der Waals surface area (Å²) in [5.41, 5.74) is 7.52. The summed E-state index contributed by atoms with van der Waals surface area (Å²) < 4.78 is 0. The average molecular weight is 375 g/mol. The molecular formula is C22H31ClN2O. The molecule has 6 unspecified atom stereocenters. The van der Waals surface area contributed by atoms with Crippen molar-refractivity contribution in [2.45, 2.75) is 51.0 Å². The molecule has 6 atom stereocenters. The molecule has 1 amide bonds. The fourth-order valence-electron chi connectivity index (χ4n) is 6.75. The van der Waals surface area contributed by atoms with Crippen LogP contribution in [0.1, 0.15) is 44.1 Å². The zero-order chi connectivity index (χ0) is 17.0. The predicted molar refractivity (Wildman–Crippen MR) is 106 cm³/mol. The highest BCUT2D eigenvalue weighted by Crippen LogP contribution is 2.58. The minimum atomic E-state index is -0.132. The zero-order valence-electron chi connectivity index (χ0n) is 15.5. The van der Waals surface area contributed by atoms with Crippen LogP contribution in [0.3, 0.4) is 0 Å². The van der Waals surface area contributed by atoms with Gasteiger partial charge in [0.2, 0.25) is 5.91 Å². The third-order valence-corrected chi connectivity index (χ3v) is 7.96. The molecule has 2 bridgehead atoms. The minimum Gasteiger partial charge on any atom is -0.342 e. The van der Waals surface area contributed by atoms with Crippen LogP contribution in [0.2, 0.25) is 0 Å². The molecule has 142 valence electrons. The summed E-state index contributed by atoms with van der Waals surface area (Å²) in [4.78, 5) is 16.0. The van der Waals surface area contributed by atoms with Gasteiger partial charge in [0, 0.05) is 19.1 Å². The Morgan fingerprint density at radius 1 is 1.12 bits per heavy atom. The fraction of sp³-hybridized carbons (Fsp3) is 0.682. The maximum Gasteiger partial charge on any atom is 0.229 e. The molecule has 5 rings (SSSR count). The second kappa shape index (κ2) is 6.83. The number of rotatable bonds is 3. The van der Waals surface area contributed by atoms with Gasteiger partial charge in [-0.3, -0.25) is 4.79 Å². The molecule has 1 aliphatic heterocycles. The number of benzene rings is 1. The van der Waals surface area contributed by atoms with Crippen molar-refractivity contribution in [2.75, 3.05) is 13.1 Å². The van der Waals surface area contributed by atoms with Gasteiger partial charge in [-0.05, 0) is 67.8 Å². The Kier molecular flexibility index (Phi) is 4.81. The third kappa shape index (κ3) is 2.79. The van der Waals surface area contributed by atoms with Crippen LogP contribution in [-0.4, -0.2) is 29.9 Å². The minimum absolute atomic E-state index is 0. The molecule has 3 aliphatic carbocycles. The number of fused-ring (bicyclic) bond motifs is 3. The van der Waals surface area contributed by atoms with Crippen LogP contribution in [0.5, 0.6) is 0 Å². The Balaban J connectivity index is 0.00000168. The molecule has 1 heterocycles. The first kappa shape index (κ1) is 18.3. The van der Waals surface area contributed by atoms with Gasteiger partial charge in [0.15, 0.2) is 0 Å². The fourth-order valence-corrected chi connectivity index (χ4v) is 6.75. The number of likely N-dealkylation sites (tertiary alicyclic amines) is 1. The lowest BCUT2D eigenvalue weighted by Crippen LogP contribution is -2.48. The summed E-state index contributed by atoms with van der Waals surface area (Å²) >= 11 is 0. The Bertz CT molecular complexity index is 665. The maximum absolute atomic E-state index is 13.8. The Hall–Kier alpha value is -1.06. The summed E-state index contributed by atoms with van der Waals surface area (Å²) in [7, 11) is 0. The molecule has 4 heteroatoms. The van der Waals surface area contributed by atoms with Crippen molar-refractivity contribution in [1.82, 2.24) is 4.90 Å². The molecule has 2 N–H and O–H groups in total. The van der Waals surface area contributed by atoms with E-state index in [0.717, 1.165) is 38.3 Å². The number of nitrogens with zero attached hydrogens (tertiary/aromatic N) is 1. The summed E-state index contributed by atoms with van der Waals surface area (Å²) in [5, 5.41) is 0. The summed E-state index contributed by atoms with van der Waals surface area (Å²) in [6, 6.07) is 11.0. The van der Waals surface area contributed by atoms with Gasteiger partial charge < -0.3 is 10.6 Å². The van der Waals surface area contributed by atoms with Crippen molar-refractivity contribution in [3.63, 3.8) is 0 Å². The first-order chi connectivity index (χ1) is 12.2. The van der Waals surface area contributed by atoms with E-state index in [4.69, 9.17) is 5.73 Å². The molecule has 0 spiro atoms. The Morgan fingerprint density at radius 2 is 1.92 bits per heavy atom. The van der Waals surface area contributed by atoms with Gasteiger partial charge >= 0.3 is 0 Å². The van der Waals surface area contributed by atoms with E-state index >= 15 is 0 Å². The quantitative estimate of drug-likeness (QED) is 0.877. The van der Waals surface area contributed by atoms with Crippen LogP contribution in [-0.2, 0) is 11.2 Å². The zero-order valence-corrected chi connectivity index (χ0v) is 16.3. The maximum atomic E-state index is 13.8. The molecule has 1 aromatic carbocycles. The molecule has 0 aromatic heterocycles. The van der Waals surface area contributed by atoms with Crippen LogP contribution in [0.15, 0.2) is 30.3 Å². The molecule has 1 saturated heterocycles. The molecule has 3 saturated carbocycles. The molecule has 3 nitrogen and oxygen atoms in total. The van der Waals surface area contributed by atoms with Crippen molar-refractivity contribution in [2.24, 2.45) is 34.8 Å². The second-order valence-electron chi connectivity index (χ2n) is 9.27. The number of carbonyl (C=O) groups is 1. The van der Waals surface area contributed by atoms with E-state index in [0.29, 0.717) is 29.7 Å². The topological polar surface area (TPSA) is 46.3 Å². The highest BCUT2D eigenvalue weighted by Gasteiger charge is 2.57. The smallest absolute Gasteiger partial charge is 0.229 e. The van der Waals surface area contributed by atoms with E-state index < -0.39 is 0 Å². The monoisotopic (exact) mass is 374 g/mol.